The maximum Gasteiger partial charge on any atom is 0.157 e. The molecule has 0 bridgehead atoms. The molecule has 0 aliphatic rings. The van der Waals surface area contributed by atoms with Gasteiger partial charge in [0.25, 0.3) is 0 Å². The number of rotatable bonds is 5. The Labute approximate surface area is 103 Å². The molecule has 2 rings (SSSR count). The quantitative estimate of drug-likeness (QED) is 0.891. The van der Waals surface area contributed by atoms with E-state index in [0.29, 0.717) is 6.54 Å². The molecule has 0 aliphatic carbocycles. The first-order valence-corrected chi connectivity index (χ1v) is 7.08. The Morgan fingerprint density at radius 3 is 2.81 bits per heavy atom. The molecule has 2 aromatic rings. The maximum absolute atomic E-state index is 5.47. The lowest BCUT2D eigenvalue weighted by molar-refractivity contribution is 0.812. The zero-order valence-corrected chi connectivity index (χ0v) is 10.9. The van der Waals surface area contributed by atoms with Crippen LogP contribution in [0.4, 0.5) is 0 Å². The van der Waals surface area contributed by atoms with Crippen LogP contribution in [0.3, 0.4) is 0 Å². The average molecular weight is 253 g/mol. The monoisotopic (exact) mass is 253 g/mol. The predicted octanol–water partition coefficient (Wildman–Crippen LogP) is 2.72. The van der Waals surface area contributed by atoms with Crippen LogP contribution >= 0.6 is 22.7 Å². The average Bonchev–Trinajstić information content (AvgIpc) is 2.94. The predicted molar refractivity (Wildman–Crippen MR) is 70.0 cm³/mol. The fraction of sp³-hybridized carbons (Fsp3) is 0.455. The van der Waals surface area contributed by atoms with Crippen molar-refractivity contribution in [3.63, 3.8) is 0 Å². The summed E-state index contributed by atoms with van der Waals surface area (Å²) in [6, 6.07) is 4.30. The highest BCUT2D eigenvalue weighted by Crippen LogP contribution is 2.30. The highest BCUT2D eigenvalue weighted by Gasteiger charge is 2.08. The molecule has 0 unspecified atom stereocenters. The summed E-state index contributed by atoms with van der Waals surface area (Å²) in [5.74, 6) is 0. The molecule has 2 N–H and O–H groups in total. The van der Waals surface area contributed by atoms with E-state index < -0.39 is 0 Å². The molecule has 0 aromatic carbocycles. The third-order valence-corrected chi connectivity index (χ3v) is 4.66. The summed E-state index contributed by atoms with van der Waals surface area (Å²) < 4.78 is 0. The van der Waals surface area contributed by atoms with Crippen molar-refractivity contribution in [2.75, 3.05) is 6.54 Å². The minimum Gasteiger partial charge on any atom is -0.330 e. The Balaban J connectivity index is 2.11. The van der Waals surface area contributed by atoms with Crippen molar-refractivity contribution in [2.45, 2.75) is 26.2 Å². The molecule has 0 atom stereocenters. The molecule has 0 spiro atoms. The molecule has 0 saturated carbocycles. The molecular weight excluding hydrogens is 238 g/mol. The fourth-order valence-corrected chi connectivity index (χ4v) is 3.27. The largest absolute Gasteiger partial charge is 0.330 e. The van der Waals surface area contributed by atoms with Gasteiger partial charge < -0.3 is 5.73 Å². The number of thiophene rings is 1. The number of nitrogens with two attached hydrogens (primary N) is 1. The van der Waals surface area contributed by atoms with Crippen LogP contribution in [-0.4, -0.2) is 16.7 Å². The van der Waals surface area contributed by atoms with E-state index in [-0.39, 0.29) is 0 Å². The first-order valence-electron chi connectivity index (χ1n) is 5.45. The Kier molecular flexibility index (Phi) is 4.04. The van der Waals surface area contributed by atoms with Crippen molar-refractivity contribution in [2.24, 2.45) is 5.73 Å². The van der Waals surface area contributed by atoms with Crippen LogP contribution in [0.25, 0.3) is 9.88 Å². The van der Waals surface area contributed by atoms with Crippen LogP contribution in [0.15, 0.2) is 12.1 Å². The molecule has 2 heterocycles. The molecule has 3 nitrogen and oxygen atoms in total. The van der Waals surface area contributed by atoms with Crippen LogP contribution in [0.5, 0.6) is 0 Å². The molecule has 16 heavy (non-hydrogen) atoms. The van der Waals surface area contributed by atoms with Crippen LogP contribution in [-0.2, 0) is 12.8 Å². The maximum atomic E-state index is 5.47. The fourth-order valence-electron chi connectivity index (χ4n) is 1.39. The van der Waals surface area contributed by atoms with Crippen LogP contribution in [0, 0.1) is 0 Å². The van der Waals surface area contributed by atoms with Gasteiger partial charge >= 0.3 is 0 Å². The van der Waals surface area contributed by atoms with Crippen molar-refractivity contribution >= 4 is 22.7 Å². The van der Waals surface area contributed by atoms with E-state index in [2.05, 4.69) is 29.3 Å². The van der Waals surface area contributed by atoms with Gasteiger partial charge in [-0.1, -0.05) is 18.3 Å². The van der Waals surface area contributed by atoms with Gasteiger partial charge in [-0.25, -0.2) is 0 Å². The molecule has 0 amide bonds. The summed E-state index contributed by atoms with van der Waals surface area (Å²) in [5.41, 5.74) is 5.47. The first kappa shape index (κ1) is 11.7. The van der Waals surface area contributed by atoms with E-state index >= 15 is 0 Å². The van der Waals surface area contributed by atoms with Crippen molar-refractivity contribution in [1.82, 2.24) is 10.2 Å². The van der Waals surface area contributed by atoms with Gasteiger partial charge in [0.1, 0.15) is 5.01 Å². The van der Waals surface area contributed by atoms with E-state index in [1.807, 2.05) is 0 Å². The third-order valence-electron chi connectivity index (χ3n) is 2.28. The van der Waals surface area contributed by atoms with Gasteiger partial charge in [-0.2, -0.15) is 0 Å². The van der Waals surface area contributed by atoms with Gasteiger partial charge in [0.2, 0.25) is 0 Å². The second kappa shape index (κ2) is 5.52. The minimum absolute atomic E-state index is 0.716. The summed E-state index contributed by atoms with van der Waals surface area (Å²) in [4.78, 5) is 2.63. The van der Waals surface area contributed by atoms with Crippen LogP contribution in [0.1, 0.15) is 23.2 Å². The number of aryl methyl sites for hydroxylation is 2. The molecular formula is C11H15N3S2. The van der Waals surface area contributed by atoms with E-state index in [0.717, 1.165) is 29.3 Å². The van der Waals surface area contributed by atoms with Crippen molar-refractivity contribution < 1.29 is 0 Å². The zero-order chi connectivity index (χ0) is 11.4. The van der Waals surface area contributed by atoms with Gasteiger partial charge in [-0.3, -0.25) is 0 Å². The van der Waals surface area contributed by atoms with E-state index in [9.17, 15) is 0 Å². The van der Waals surface area contributed by atoms with Gasteiger partial charge in [0.15, 0.2) is 5.01 Å². The van der Waals surface area contributed by atoms with Gasteiger partial charge in [0, 0.05) is 11.3 Å². The first-order chi connectivity index (χ1) is 7.83. The Morgan fingerprint density at radius 1 is 1.25 bits per heavy atom. The zero-order valence-electron chi connectivity index (χ0n) is 9.27. The molecule has 0 aliphatic heterocycles. The smallest absolute Gasteiger partial charge is 0.157 e. The van der Waals surface area contributed by atoms with Gasteiger partial charge in [0.05, 0.1) is 4.88 Å². The van der Waals surface area contributed by atoms with Crippen molar-refractivity contribution in [3.05, 3.63) is 22.0 Å². The van der Waals surface area contributed by atoms with E-state index in [1.54, 1.807) is 22.7 Å². The molecule has 0 radical (unpaired) electrons. The number of nitrogens with zero attached hydrogens (tertiary/aromatic N) is 2. The SMILES string of the molecule is CCc1ccc(-c2nnc(CCCN)s2)s1. The van der Waals surface area contributed by atoms with E-state index in [4.69, 9.17) is 5.73 Å². The van der Waals surface area contributed by atoms with Crippen molar-refractivity contribution in [1.29, 1.82) is 0 Å². The van der Waals surface area contributed by atoms with Crippen LogP contribution in [0.2, 0.25) is 0 Å². The molecule has 86 valence electrons. The summed E-state index contributed by atoms with van der Waals surface area (Å²) in [6.45, 7) is 2.89. The summed E-state index contributed by atoms with van der Waals surface area (Å²) in [7, 11) is 0. The topological polar surface area (TPSA) is 51.8 Å². The normalized spacial score (nSPS) is 10.9. The second-order valence-electron chi connectivity index (χ2n) is 3.51. The highest BCUT2D eigenvalue weighted by atomic mass is 32.1. The molecule has 0 fully saturated rings. The van der Waals surface area contributed by atoms with Crippen LogP contribution < -0.4 is 5.73 Å². The Morgan fingerprint density at radius 2 is 2.12 bits per heavy atom. The number of hydrogen-bond donors (Lipinski definition) is 1. The van der Waals surface area contributed by atoms with Crippen molar-refractivity contribution in [3.8, 4) is 9.88 Å². The second-order valence-corrected chi connectivity index (χ2v) is 5.74. The molecule has 0 saturated heterocycles. The summed E-state index contributed by atoms with van der Waals surface area (Å²) in [6.07, 6.45) is 3.02. The lowest BCUT2D eigenvalue weighted by atomic mass is 10.3. The lowest BCUT2D eigenvalue weighted by Crippen LogP contribution is -1.99. The molecule has 5 heteroatoms. The number of hydrogen-bond acceptors (Lipinski definition) is 5. The number of aromatic nitrogens is 2. The Bertz CT molecular complexity index is 448. The standard InChI is InChI=1S/C11H15N3S2/c1-2-8-5-6-9(15-8)11-14-13-10(16-11)4-3-7-12/h5-6H,2-4,7,12H2,1H3. The lowest BCUT2D eigenvalue weighted by Gasteiger charge is -1.89. The Hall–Kier alpha value is -0.780. The molecule has 2 aromatic heterocycles. The highest BCUT2D eigenvalue weighted by molar-refractivity contribution is 7.21. The summed E-state index contributed by atoms with van der Waals surface area (Å²) in [5, 5.41) is 10.5. The van der Waals surface area contributed by atoms with Gasteiger partial charge in [-0.05, 0) is 31.5 Å². The van der Waals surface area contributed by atoms with Gasteiger partial charge in [-0.15, -0.1) is 21.5 Å². The minimum atomic E-state index is 0.716. The third kappa shape index (κ3) is 2.66. The summed E-state index contributed by atoms with van der Waals surface area (Å²) >= 11 is 3.49. The van der Waals surface area contributed by atoms with E-state index in [1.165, 1.54) is 9.75 Å².